The number of hydrogen-bond donors (Lipinski definition) is 0. The lowest BCUT2D eigenvalue weighted by atomic mass is 10.1. The highest BCUT2D eigenvalue weighted by molar-refractivity contribution is 6.30. The van der Waals surface area contributed by atoms with Gasteiger partial charge in [-0.3, -0.25) is 4.79 Å². The molecular formula is C15H13ClO2. The number of carbonyl (C=O) groups excluding carboxylic acids is 1. The predicted molar refractivity (Wildman–Crippen MR) is 72.8 cm³/mol. The molecule has 0 spiro atoms. The number of rotatable bonds is 3. The standard InChI is InChI=1S/C15H13ClO2/c1-10-3-6-14(11(2)7-10)18-15-8-13(16)5-4-12(15)9-17/h3-9H,1-2H3. The summed E-state index contributed by atoms with van der Waals surface area (Å²) in [4.78, 5) is 10.9. The van der Waals surface area contributed by atoms with Gasteiger partial charge in [0.25, 0.3) is 0 Å². The van der Waals surface area contributed by atoms with Crippen LogP contribution in [0.3, 0.4) is 0 Å². The maximum absolute atomic E-state index is 10.9. The van der Waals surface area contributed by atoms with E-state index in [2.05, 4.69) is 0 Å². The van der Waals surface area contributed by atoms with E-state index in [0.29, 0.717) is 16.3 Å². The monoisotopic (exact) mass is 260 g/mol. The number of carbonyl (C=O) groups is 1. The fourth-order valence-corrected chi connectivity index (χ4v) is 1.89. The lowest BCUT2D eigenvalue weighted by molar-refractivity contribution is 0.112. The normalized spacial score (nSPS) is 10.2. The van der Waals surface area contributed by atoms with E-state index in [1.807, 2.05) is 32.0 Å². The summed E-state index contributed by atoms with van der Waals surface area (Å²) < 4.78 is 5.75. The SMILES string of the molecule is Cc1ccc(Oc2cc(Cl)ccc2C=O)c(C)c1. The largest absolute Gasteiger partial charge is 0.456 e. The molecule has 0 atom stereocenters. The summed E-state index contributed by atoms with van der Waals surface area (Å²) >= 11 is 5.91. The van der Waals surface area contributed by atoms with Gasteiger partial charge in [0.15, 0.2) is 6.29 Å². The molecule has 0 aliphatic rings. The summed E-state index contributed by atoms with van der Waals surface area (Å²) in [6.07, 6.45) is 0.759. The maximum atomic E-state index is 10.9. The molecule has 0 heterocycles. The quantitative estimate of drug-likeness (QED) is 0.756. The van der Waals surface area contributed by atoms with Crippen LogP contribution in [0.1, 0.15) is 21.5 Å². The molecule has 0 aliphatic heterocycles. The lowest BCUT2D eigenvalue weighted by Crippen LogP contribution is -1.92. The van der Waals surface area contributed by atoms with Crippen molar-refractivity contribution >= 4 is 17.9 Å². The number of halogens is 1. The Balaban J connectivity index is 2.39. The zero-order valence-corrected chi connectivity index (χ0v) is 11.0. The minimum atomic E-state index is 0.476. The molecule has 0 saturated heterocycles. The van der Waals surface area contributed by atoms with E-state index in [9.17, 15) is 4.79 Å². The van der Waals surface area contributed by atoms with Crippen molar-refractivity contribution in [2.24, 2.45) is 0 Å². The molecule has 2 rings (SSSR count). The summed E-state index contributed by atoms with van der Waals surface area (Å²) in [5.74, 6) is 1.20. The predicted octanol–water partition coefficient (Wildman–Crippen LogP) is 4.56. The van der Waals surface area contributed by atoms with Gasteiger partial charge in [-0.25, -0.2) is 0 Å². The molecule has 0 N–H and O–H groups in total. The van der Waals surface area contributed by atoms with Crippen molar-refractivity contribution in [1.82, 2.24) is 0 Å². The summed E-state index contributed by atoms with van der Waals surface area (Å²) in [5, 5.41) is 0.542. The fraction of sp³-hybridized carbons (Fsp3) is 0.133. The third-order valence-corrected chi connectivity index (χ3v) is 2.89. The van der Waals surface area contributed by atoms with Crippen LogP contribution in [0.2, 0.25) is 5.02 Å². The molecule has 0 radical (unpaired) electrons. The molecular weight excluding hydrogens is 248 g/mol. The Labute approximate surface area is 111 Å². The number of hydrogen-bond acceptors (Lipinski definition) is 2. The van der Waals surface area contributed by atoms with Crippen molar-refractivity contribution in [1.29, 1.82) is 0 Å². The van der Waals surface area contributed by atoms with Gasteiger partial charge in [-0.2, -0.15) is 0 Å². The molecule has 3 heteroatoms. The minimum absolute atomic E-state index is 0.476. The lowest BCUT2D eigenvalue weighted by Gasteiger charge is -2.11. The topological polar surface area (TPSA) is 26.3 Å². The van der Waals surface area contributed by atoms with Gasteiger partial charge >= 0.3 is 0 Å². The molecule has 18 heavy (non-hydrogen) atoms. The Morgan fingerprint density at radius 2 is 1.83 bits per heavy atom. The van der Waals surface area contributed by atoms with Gasteiger partial charge in [-0.15, -0.1) is 0 Å². The Morgan fingerprint density at radius 3 is 2.50 bits per heavy atom. The van der Waals surface area contributed by atoms with E-state index < -0.39 is 0 Å². The smallest absolute Gasteiger partial charge is 0.153 e. The average molecular weight is 261 g/mol. The first kappa shape index (κ1) is 12.7. The second-order valence-corrected chi connectivity index (χ2v) is 4.61. The third kappa shape index (κ3) is 2.71. The van der Waals surface area contributed by atoms with Gasteiger partial charge in [0.05, 0.1) is 5.56 Å². The minimum Gasteiger partial charge on any atom is -0.456 e. The van der Waals surface area contributed by atoms with Crippen LogP contribution < -0.4 is 4.74 Å². The number of aldehydes is 1. The summed E-state index contributed by atoms with van der Waals surface area (Å²) in [6.45, 7) is 3.99. The molecule has 0 saturated carbocycles. The zero-order valence-electron chi connectivity index (χ0n) is 10.2. The van der Waals surface area contributed by atoms with E-state index in [4.69, 9.17) is 16.3 Å². The van der Waals surface area contributed by atoms with Gasteiger partial charge in [-0.1, -0.05) is 29.3 Å². The Kier molecular flexibility index (Phi) is 3.68. The van der Waals surface area contributed by atoms with Gasteiger partial charge in [-0.05, 0) is 37.6 Å². The van der Waals surface area contributed by atoms with Crippen molar-refractivity contribution < 1.29 is 9.53 Å². The molecule has 2 aromatic carbocycles. The van der Waals surface area contributed by atoms with E-state index in [0.717, 1.165) is 17.6 Å². The second kappa shape index (κ2) is 5.23. The first-order valence-corrected chi connectivity index (χ1v) is 5.98. The number of aryl methyl sites for hydroxylation is 2. The Morgan fingerprint density at radius 1 is 1.06 bits per heavy atom. The van der Waals surface area contributed by atoms with Crippen LogP contribution in [0.5, 0.6) is 11.5 Å². The highest BCUT2D eigenvalue weighted by atomic mass is 35.5. The van der Waals surface area contributed by atoms with E-state index >= 15 is 0 Å². The van der Waals surface area contributed by atoms with Crippen LogP contribution in [-0.4, -0.2) is 6.29 Å². The molecule has 0 fully saturated rings. The van der Waals surface area contributed by atoms with E-state index in [-0.39, 0.29) is 0 Å². The summed E-state index contributed by atoms with van der Waals surface area (Å²) in [7, 11) is 0. The first-order valence-electron chi connectivity index (χ1n) is 5.60. The molecule has 92 valence electrons. The Bertz CT molecular complexity index is 591. The molecule has 0 unspecified atom stereocenters. The second-order valence-electron chi connectivity index (χ2n) is 4.17. The maximum Gasteiger partial charge on any atom is 0.153 e. The highest BCUT2D eigenvalue weighted by Gasteiger charge is 2.07. The molecule has 0 aromatic heterocycles. The van der Waals surface area contributed by atoms with Crippen LogP contribution in [-0.2, 0) is 0 Å². The van der Waals surface area contributed by atoms with Crippen molar-refractivity contribution in [3.8, 4) is 11.5 Å². The first-order chi connectivity index (χ1) is 8.60. The molecule has 0 bridgehead atoms. The van der Waals surface area contributed by atoms with Crippen LogP contribution in [0, 0.1) is 13.8 Å². The van der Waals surface area contributed by atoms with Crippen LogP contribution in [0.15, 0.2) is 36.4 Å². The van der Waals surface area contributed by atoms with Gasteiger partial charge < -0.3 is 4.74 Å². The average Bonchev–Trinajstić information content (AvgIpc) is 2.33. The number of benzene rings is 2. The summed E-state index contributed by atoms with van der Waals surface area (Å²) in [6, 6.07) is 10.8. The van der Waals surface area contributed by atoms with Crippen molar-refractivity contribution in [3.05, 3.63) is 58.1 Å². The zero-order chi connectivity index (χ0) is 13.1. The molecule has 2 nitrogen and oxygen atoms in total. The van der Waals surface area contributed by atoms with Crippen LogP contribution >= 0.6 is 11.6 Å². The van der Waals surface area contributed by atoms with Crippen LogP contribution in [0.25, 0.3) is 0 Å². The van der Waals surface area contributed by atoms with Gasteiger partial charge in [0, 0.05) is 11.1 Å². The van der Waals surface area contributed by atoms with Gasteiger partial charge in [0.1, 0.15) is 11.5 Å². The molecule has 2 aromatic rings. The molecule has 0 aliphatic carbocycles. The highest BCUT2D eigenvalue weighted by Crippen LogP contribution is 2.29. The number of ether oxygens (including phenoxy) is 1. The van der Waals surface area contributed by atoms with Crippen molar-refractivity contribution in [2.45, 2.75) is 13.8 Å². The van der Waals surface area contributed by atoms with Gasteiger partial charge in [0.2, 0.25) is 0 Å². The third-order valence-electron chi connectivity index (χ3n) is 2.65. The summed E-state index contributed by atoms with van der Waals surface area (Å²) in [5.41, 5.74) is 2.67. The molecule has 0 amide bonds. The Hall–Kier alpha value is -1.80. The van der Waals surface area contributed by atoms with E-state index in [1.54, 1.807) is 18.2 Å². The van der Waals surface area contributed by atoms with Crippen LogP contribution in [0.4, 0.5) is 0 Å². The van der Waals surface area contributed by atoms with Crippen molar-refractivity contribution in [3.63, 3.8) is 0 Å². The van der Waals surface area contributed by atoms with Crippen molar-refractivity contribution in [2.75, 3.05) is 0 Å². The van der Waals surface area contributed by atoms with E-state index in [1.165, 1.54) is 5.56 Å². The fourth-order valence-electron chi connectivity index (χ4n) is 1.73.